The lowest BCUT2D eigenvalue weighted by Gasteiger charge is -2.11. The minimum Gasteiger partial charge on any atom is -0.480 e. The van der Waals surface area contributed by atoms with Gasteiger partial charge in [-0.25, -0.2) is 4.79 Å². The van der Waals surface area contributed by atoms with Crippen molar-refractivity contribution in [3.05, 3.63) is 11.7 Å². The number of carbonyl (C=O) groups is 2. The zero-order valence-electron chi connectivity index (χ0n) is 9.47. The van der Waals surface area contributed by atoms with E-state index in [2.05, 4.69) is 20.0 Å². The van der Waals surface area contributed by atoms with Crippen LogP contribution in [0.4, 0.5) is 0 Å². The van der Waals surface area contributed by atoms with E-state index in [1.165, 1.54) is 11.8 Å². The maximum absolute atomic E-state index is 11.6. The lowest BCUT2D eigenvalue weighted by atomic mass is 10.2. The lowest BCUT2D eigenvalue weighted by molar-refractivity contribution is -0.139. The number of hydrogen-bond donors (Lipinski definition) is 2. The van der Waals surface area contributed by atoms with Crippen LogP contribution in [-0.2, 0) is 4.79 Å². The van der Waals surface area contributed by atoms with Gasteiger partial charge in [0.1, 0.15) is 6.04 Å². The van der Waals surface area contributed by atoms with Gasteiger partial charge in [-0.1, -0.05) is 5.16 Å². The van der Waals surface area contributed by atoms with Gasteiger partial charge in [0.15, 0.2) is 0 Å². The van der Waals surface area contributed by atoms with Gasteiger partial charge in [0, 0.05) is 6.92 Å². The van der Waals surface area contributed by atoms with E-state index in [1.54, 1.807) is 6.92 Å². The van der Waals surface area contributed by atoms with Crippen LogP contribution in [-0.4, -0.2) is 45.2 Å². The molecular weight excluding hydrogens is 246 g/mol. The zero-order valence-corrected chi connectivity index (χ0v) is 10.3. The van der Waals surface area contributed by atoms with E-state index in [9.17, 15) is 9.59 Å². The Hall–Kier alpha value is -1.57. The Morgan fingerprint density at radius 3 is 2.76 bits per heavy atom. The number of nitrogens with one attached hydrogen (secondary N) is 1. The number of amides is 1. The van der Waals surface area contributed by atoms with E-state index in [1.807, 2.05) is 6.26 Å². The van der Waals surface area contributed by atoms with Gasteiger partial charge in [-0.15, -0.1) is 0 Å². The van der Waals surface area contributed by atoms with Crippen molar-refractivity contribution < 1.29 is 19.2 Å². The summed E-state index contributed by atoms with van der Waals surface area (Å²) in [4.78, 5) is 26.2. The molecule has 2 N–H and O–H groups in total. The topological polar surface area (TPSA) is 105 Å². The second-order valence-electron chi connectivity index (χ2n) is 3.28. The van der Waals surface area contributed by atoms with E-state index in [0.29, 0.717) is 12.2 Å². The van der Waals surface area contributed by atoms with Gasteiger partial charge in [0.25, 0.3) is 11.7 Å². The maximum atomic E-state index is 11.6. The first-order valence-corrected chi connectivity index (χ1v) is 6.27. The molecule has 0 spiro atoms. The number of carboxylic acids is 1. The van der Waals surface area contributed by atoms with Gasteiger partial charge >= 0.3 is 5.97 Å². The maximum Gasteiger partial charge on any atom is 0.326 e. The summed E-state index contributed by atoms with van der Waals surface area (Å²) in [5.41, 5.74) is 0. The Bertz CT molecular complexity index is 407. The molecular formula is C9H13N3O4S. The first kappa shape index (κ1) is 13.5. The van der Waals surface area contributed by atoms with Gasteiger partial charge < -0.3 is 14.9 Å². The van der Waals surface area contributed by atoms with Crippen LogP contribution in [0.25, 0.3) is 0 Å². The molecule has 0 aliphatic heterocycles. The Labute approximate surface area is 102 Å². The largest absolute Gasteiger partial charge is 0.480 e. The Morgan fingerprint density at radius 1 is 1.59 bits per heavy atom. The second kappa shape index (κ2) is 6.24. The normalized spacial score (nSPS) is 12.1. The molecule has 0 bridgehead atoms. The van der Waals surface area contributed by atoms with Crippen molar-refractivity contribution in [2.24, 2.45) is 0 Å². The average Bonchev–Trinajstić information content (AvgIpc) is 2.70. The monoisotopic (exact) mass is 259 g/mol. The number of carbonyl (C=O) groups excluding carboxylic acids is 1. The van der Waals surface area contributed by atoms with Crippen LogP contribution in [0, 0.1) is 6.92 Å². The number of carboxylic acid groups (broad SMARTS) is 1. The first-order valence-electron chi connectivity index (χ1n) is 4.87. The Kier molecular flexibility index (Phi) is 4.95. The highest BCUT2D eigenvalue weighted by Gasteiger charge is 2.22. The smallest absolute Gasteiger partial charge is 0.326 e. The van der Waals surface area contributed by atoms with Gasteiger partial charge in [0.2, 0.25) is 5.89 Å². The minimum atomic E-state index is -1.08. The van der Waals surface area contributed by atoms with Crippen molar-refractivity contribution in [2.45, 2.75) is 19.4 Å². The quantitative estimate of drug-likeness (QED) is 0.757. The van der Waals surface area contributed by atoms with E-state index in [4.69, 9.17) is 5.11 Å². The van der Waals surface area contributed by atoms with Crippen LogP contribution in [0.3, 0.4) is 0 Å². The Morgan fingerprint density at radius 2 is 2.29 bits per heavy atom. The molecule has 0 saturated carbocycles. The molecule has 0 saturated heterocycles. The molecule has 0 fully saturated rings. The zero-order chi connectivity index (χ0) is 12.8. The van der Waals surface area contributed by atoms with Crippen molar-refractivity contribution >= 4 is 23.6 Å². The summed E-state index contributed by atoms with van der Waals surface area (Å²) < 4.78 is 4.64. The molecule has 0 aliphatic carbocycles. The van der Waals surface area contributed by atoms with Gasteiger partial charge in [0.05, 0.1) is 0 Å². The summed E-state index contributed by atoms with van der Waals surface area (Å²) >= 11 is 1.51. The van der Waals surface area contributed by atoms with E-state index >= 15 is 0 Å². The number of aliphatic carboxylic acids is 1. The predicted octanol–water partition coefficient (Wildman–Crippen LogP) is 0.314. The summed E-state index contributed by atoms with van der Waals surface area (Å²) in [6.45, 7) is 1.55. The number of rotatable bonds is 6. The third-order valence-electron chi connectivity index (χ3n) is 1.94. The SMILES string of the molecule is CSCC[C@H](NC(=O)c1noc(C)n1)C(=O)O. The molecule has 1 aromatic heterocycles. The van der Waals surface area contributed by atoms with Crippen LogP contribution in [0.15, 0.2) is 4.52 Å². The average molecular weight is 259 g/mol. The number of hydrogen-bond acceptors (Lipinski definition) is 6. The fourth-order valence-corrected chi connectivity index (χ4v) is 1.58. The molecule has 0 aliphatic rings. The molecule has 1 atom stereocenters. The van der Waals surface area contributed by atoms with Crippen molar-refractivity contribution in [3.8, 4) is 0 Å². The summed E-state index contributed by atoms with van der Waals surface area (Å²) in [5.74, 6) is -0.977. The molecule has 0 unspecified atom stereocenters. The number of aryl methyl sites for hydroxylation is 1. The highest BCUT2D eigenvalue weighted by atomic mass is 32.2. The van der Waals surface area contributed by atoms with E-state index in [0.717, 1.165) is 0 Å². The van der Waals surface area contributed by atoms with E-state index < -0.39 is 17.9 Å². The molecule has 17 heavy (non-hydrogen) atoms. The van der Waals surface area contributed by atoms with Crippen LogP contribution < -0.4 is 5.32 Å². The summed E-state index contributed by atoms with van der Waals surface area (Å²) in [5, 5.41) is 14.7. The van der Waals surface area contributed by atoms with Crippen molar-refractivity contribution in [1.29, 1.82) is 0 Å². The summed E-state index contributed by atoms with van der Waals surface area (Å²) in [7, 11) is 0. The molecule has 1 rings (SSSR count). The minimum absolute atomic E-state index is 0.155. The summed E-state index contributed by atoms with van der Waals surface area (Å²) in [6, 6.07) is -0.936. The highest BCUT2D eigenvalue weighted by Crippen LogP contribution is 2.02. The molecule has 0 radical (unpaired) electrons. The number of thioether (sulfide) groups is 1. The van der Waals surface area contributed by atoms with Crippen LogP contribution >= 0.6 is 11.8 Å². The van der Waals surface area contributed by atoms with Crippen LogP contribution in [0.1, 0.15) is 22.9 Å². The van der Waals surface area contributed by atoms with Crippen molar-refractivity contribution in [2.75, 3.05) is 12.0 Å². The van der Waals surface area contributed by atoms with Gasteiger partial charge in [-0.05, 0) is 18.4 Å². The molecule has 94 valence electrons. The second-order valence-corrected chi connectivity index (χ2v) is 4.27. The third kappa shape index (κ3) is 4.06. The first-order chi connectivity index (χ1) is 8.04. The Balaban J connectivity index is 2.60. The van der Waals surface area contributed by atoms with E-state index in [-0.39, 0.29) is 11.7 Å². The van der Waals surface area contributed by atoms with Crippen LogP contribution in [0.2, 0.25) is 0 Å². The molecule has 8 heteroatoms. The highest BCUT2D eigenvalue weighted by molar-refractivity contribution is 7.98. The predicted molar refractivity (Wildman–Crippen MR) is 60.9 cm³/mol. The molecule has 1 heterocycles. The molecule has 0 aromatic carbocycles. The van der Waals surface area contributed by atoms with Crippen molar-refractivity contribution in [3.63, 3.8) is 0 Å². The number of aromatic nitrogens is 2. The fraction of sp³-hybridized carbons (Fsp3) is 0.556. The van der Waals surface area contributed by atoms with Gasteiger partial charge in [-0.3, -0.25) is 4.79 Å². The van der Waals surface area contributed by atoms with Crippen LogP contribution in [0.5, 0.6) is 0 Å². The standard InChI is InChI=1S/C9H13N3O4S/c1-5-10-7(12-16-5)8(13)11-6(9(14)15)3-4-17-2/h6H,3-4H2,1-2H3,(H,11,13)(H,14,15)/t6-/m0/s1. The van der Waals surface area contributed by atoms with Gasteiger partial charge in [-0.2, -0.15) is 16.7 Å². The lowest BCUT2D eigenvalue weighted by Crippen LogP contribution is -2.41. The number of nitrogens with zero attached hydrogens (tertiary/aromatic N) is 2. The summed E-state index contributed by atoms with van der Waals surface area (Å²) in [6.07, 6.45) is 2.21. The molecule has 1 aromatic rings. The molecule has 1 amide bonds. The van der Waals surface area contributed by atoms with Crippen molar-refractivity contribution in [1.82, 2.24) is 15.5 Å². The molecule has 7 nitrogen and oxygen atoms in total. The fourth-order valence-electron chi connectivity index (χ4n) is 1.11. The third-order valence-corrected chi connectivity index (χ3v) is 2.59.